The number of aryl methyl sites for hydroxylation is 3. The second-order valence-electron chi connectivity index (χ2n) is 3.93. The Labute approximate surface area is 113 Å². The van der Waals surface area contributed by atoms with Gasteiger partial charge in [0, 0.05) is 25.5 Å². The minimum absolute atomic E-state index is 0.786. The topological polar surface area (TPSA) is 42.7 Å². The number of halogens is 1. The quantitative estimate of drug-likeness (QED) is 0.943. The van der Waals surface area contributed by atoms with Gasteiger partial charge in [0.15, 0.2) is 0 Å². The lowest BCUT2D eigenvalue weighted by Gasteiger charge is -2.04. The van der Waals surface area contributed by atoms with Crippen LogP contribution >= 0.6 is 27.3 Å². The second kappa shape index (κ2) is 5.29. The van der Waals surface area contributed by atoms with Crippen LogP contribution in [0, 0.1) is 13.8 Å². The van der Waals surface area contributed by atoms with Crippen LogP contribution < -0.4 is 5.32 Å². The molecule has 0 aliphatic heterocycles. The average Bonchev–Trinajstić information content (AvgIpc) is 2.78. The Morgan fingerprint density at radius 3 is 2.71 bits per heavy atom. The van der Waals surface area contributed by atoms with E-state index in [0.29, 0.717) is 0 Å². The molecule has 0 saturated carbocycles. The zero-order chi connectivity index (χ0) is 12.4. The van der Waals surface area contributed by atoms with E-state index < -0.39 is 0 Å². The summed E-state index contributed by atoms with van der Waals surface area (Å²) in [6, 6.07) is 0. The zero-order valence-corrected chi connectivity index (χ0v) is 12.5. The molecule has 4 nitrogen and oxygen atoms in total. The van der Waals surface area contributed by atoms with E-state index in [1.165, 1.54) is 0 Å². The van der Waals surface area contributed by atoms with Gasteiger partial charge in [-0.25, -0.2) is 4.98 Å². The van der Waals surface area contributed by atoms with Gasteiger partial charge < -0.3 is 5.32 Å². The van der Waals surface area contributed by atoms with E-state index in [4.69, 9.17) is 0 Å². The first-order valence-electron chi connectivity index (χ1n) is 5.37. The van der Waals surface area contributed by atoms with Gasteiger partial charge in [0.25, 0.3) is 0 Å². The first-order valence-corrected chi connectivity index (χ1v) is 7.05. The number of rotatable bonds is 4. The van der Waals surface area contributed by atoms with Crippen LogP contribution in [0.1, 0.15) is 22.1 Å². The van der Waals surface area contributed by atoms with Gasteiger partial charge >= 0.3 is 0 Å². The number of thiazole rings is 1. The summed E-state index contributed by atoms with van der Waals surface area (Å²) >= 11 is 5.24. The Morgan fingerprint density at radius 1 is 1.41 bits per heavy atom. The number of nitrogens with zero attached hydrogens (tertiary/aromatic N) is 3. The first kappa shape index (κ1) is 12.7. The Kier molecular flexibility index (Phi) is 3.96. The normalized spacial score (nSPS) is 11.1. The van der Waals surface area contributed by atoms with Crippen molar-refractivity contribution in [3.8, 4) is 0 Å². The number of hydrogen-bond donors (Lipinski definition) is 1. The van der Waals surface area contributed by atoms with Crippen LogP contribution in [0.15, 0.2) is 9.85 Å². The molecule has 0 amide bonds. The van der Waals surface area contributed by atoms with Crippen molar-refractivity contribution in [1.82, 2.24) is 20.1 Å². The predicted octanol–water partition coefficient (Wildman–Crippen LogP) is 2.55. The molecular weight excluding hydrogens is 300 g/mol. The standard InChI is InChI=1S/C11H15BrN4S/c1-7-11(12)10(16(3)15-7)5-13-4-9-6-17-8(2)14-9/h6,13H,4-5H2,1-3H3. The van der Waals surface area contributed by atoms with Gasteiger partial charge in [0.05, 0.1) is 26.6 Å². The first-order chi connectivity index (χ1) is 8.08. The SMILES string of the molecule is Cc1nc(CNCc2c(Br)c(C)nn2C)cs1. The van der Waals surface area contributed by atoms with Crippen LogP contribution in [0.4, 0.5) is 0 Å². The van der Waals surface area contributed by atoms with Gasteiger partial charge in [-0.1, -0.05) is 0 Å². The Morgan fingerprint density at radius 2 is 2.18 bits per heavy atom. The highest BCUT2D eigenvalue weighted by Crippen LogP contribution is 2.19. The molecule has 0 bridgehead atoms. The molecule has 0 saturated heterocycles. The summed E-state index contributed by atoms with van der Waals surface area (Å²) in [6.07, 6.45) is 0. The molecule has 17 heavy (non-hydrogen) atoms. The molecular formula is C11H15BrN4S. The number of nitrogens with one attached hydrogen (secondary N) is 1. The van der Waals surface area contributed by atoms with Crippen molar-refractivity contribution in [2.45, 2.75) is 26.9 Å². The van der Waals surface area contributed by atoms with Gasteiger partial charge in [-0.3, -0.25) is 4.68 Å². The molecule has 0 aromatic carbocycles. The average molecular weight is 315 g/mol. The summed E-state index contributed by atoms with van der Waals surface area (Å²) in [5.41, 5.74) is 3.28. The van der Waals surface area contributed by atoms with Gasteiger partial charge in [-0.05, 0) is 29.8 Å². The third-order valence-electron chi connectivity index (χ3n) is 2.53. The summed E-state index contributed by atoms with van der Waals surface area (Å²) in [7, 11) is 1.96. The monoisotopic (exact) mass is 314 g/mol. The van der Waals surface area contributed by atoms with Crippen molar-refractivity contribution in [1.29, 1.82) is 0 Å². The van der Waals surface area contributed by atoms with Crippen molar-refractivity contribution < 1.29 is 0 Å². The summed E-state index contributed by atoms with van der Waals surface area (Å²) in [4.78, 5) is 4.41. The fourth-order valence-electron chi connectivity index (χ4n) is 1.67. The molecule has 0 aliphatic rings. The molecule has 2 aromatic heterocycles. The fourth-order valence-corrected chi connectivity index (χ4v) is 2.76. The molecule has 2 heterocycles. The van der Waals surface area contributed by atoms with E-state index in [0.717, 1.165) is 39.7 Å². The van der Waals surface area contributed by atoms with Crippen LogP contribution in [0.2, 0.25) is 0 Å². The molecule has 6 heteroatoms. The molecule has 92 valence electrons. The Hall–Kier alpha value is -0.720. The van der Waals surface area contributed by atoms with E-state index in [1.54, 1.807) is 11.3 Å². The maximum absolute atomic E-state index is 4.41. The van der Waals surface area contributed by atoms with Gasteiger partial charge in [0.1, 0.15) is 0 Å². The third kappa shape index (κ3) is 2.94. The highest BCUT2D eigenvalue weighted by atomic mass is 79.9. The van der Waals surface area contributed by atoms with E-state index in [-0.39, 0.29) is 0 Å². The van der Waals surface area contributed by atoms with Crippen LogP contribution in [0.3, 0.4) is 0 Å². The number of aromatic nitrogens is 3. The predicted molar refractivity (Wildman–Crippen MR) is 73.0 cm³/mol. The summed E-state index contributed by atoms with van der Waals surface area (Å²) in [6.45, 7) is 5.60. The molecule has 0 atom stereocenters. The minimum atomic E-state index is 0.786. The van der Waals surface area contributed by atoms with Crippen molar-refractivity contribution in [2.24, 2.45) is 7.05 Å². The lowest BCUT2D eigenvalue weighted by atomic mass is 10.3. The molecule has 0 fully saturated rings. The highest BCUT2D eigenvalue weighted by Gasteiger charge is 2.09. The highest BCUT2D eigenvalue weighted by molar-refractivity contribution is 9.10. The van der Waals surface area contributed by atoms with Gasteiger partial charge in [0.2, 0.25) is 0 Å². The zero-order valence-electron chi connectivity index (χ0n) is 10.1. The van der Waals surface area contributed by atoms with Crippen LogP contribution in [0.5, 0.6) is 0 Å². The smallest absolute Gasteiger partial charge is 0.0897 e. The summed E-state index contributed by atoms with van der Waals surface area (Å²) in [5, 5.41) is 10.9. The second-order valence-corrected chi connectivity index (χ2v) is 5.79. The maximum atomic E-state index is 4.41. The van der Waals surface area contributed by atoms with Crippen LogP contribution in [-0.4, -0.2) is 14.8 Å². The van der Waals surface area contributed by atoms with Gasteiger partial charge in [-0.2, -0.15) is 5.10 Å². The van der Waals surface area contributed by atoms with Crippen molar-refractivity contribution in [2.75, 3.05) is 0 Å². The van der Waals surface area contributed by atoms with E-state index in [2.05, 4.69) is 36.7 Å². The van der Waals surface area contributed by atoms with E-state index in [9.17, 15) is 0 Å². The summed E-state index contributed by atoms with van der Waals surface area (Å²) < 4.78 is 2.99. The largest absolute Gasteiger partial charge is 0.305 e. The van der Waals surface area contributed by atoms with Crippen LogP contribution in [-0.2, 0) is 20.1 Å². The third-order valence-corrected chi connectivity index (χ3v) is 4.38. The van der Waals surface area contributed by atoms with E-state index in [1.807, 2.05) is 25.6 Å². The molecule has 2 rings (SSSR count). The van der Waals surface area contributed by atoms with Crippen LogP contribution in [0.25, 0.3) is 0 Å². The molecule has 2 aromatic rings. The van der Waals surface area contributed by atoms with Gasteiger partial charge in [-0.15, -0.1) is 11.3 Å². The molecule has 0 aliphatic carbocycles. The van der Waals surface area contributed by atoms with Crippen molar-refractivity contribution in [3.63, 3.8) is 0 Å². The number of hydrogen-bond acceptors (Lipinski definition) is 4. The van der Waals surface area contributed by atoms with E-state index >= 15 is 0 Å². The van der Waals surface area contributed by atoms with Crippen molar-refractivity contribution >= 4 is 27.3 Å². The molecule has 0 spiro atoms. The lowest BCUT2D eigenvalue weighted by Crippen LogP contribution is -2.15. The summed E-state index contributed by atoms with van der Waals surface area (Å²) in [5.74, 6) is 0. The Balaban J connectivity index is 1.94. The lowest BCUT2D eigenvalue weighted by molar-refractivity contribution is 0.618. The minimum Gasteiger partial charge on any atom is -0.305 e. The molecule has 0 unspecified atom stereocenters. The molecule has 1 N–H and O–H groups in total. The fraction of sp³-hybridized carbons (Fsp3) is 0.455. The maximum Gasteiger partial charge on any atom is 0.0897 e. The molecule has 0 radical (unpaired) electrons. The van der Waals surface area contributed by atoms with Crippen molar-refractivity contribution in [3.05, 3.63) is 31.9 Å². The Bertz CT molecular complexity index is 518.